The fraction of sp³-hybridized carbons (Fsp3) is 0.120. The predicted octanol–water partition coefficient (Wildman–Crippen LogP) is 4.50. The smallest absolute Gasteiger partial charge is 0.209 e. The van der Waals surface area contributed by atoms with Gasteiger partial charge in [0.1, 0.15) is 5.75 Å². The van der Waals surface area contributed by atoms with Crippen molar-refractivity contribution < 1.29 is 13.2 Å². The van der Waals surface area contributed by atoms with Crippen LogP contribution >= 0.6 is 0 Å². The molecule has 0 spiro atoms. The topological polar surface area (TPSA) is 97.0 Å². The summed E-state index contributed by atoms with van der Waals surface area (Å²) in [5.74, 6) is 0.733. The molecule has 0 radical (unpaired) electrons. The maximum atomic E-state index is 11.5. The Morgan fingerprint density at radius 3 is 2.61 bits per heavy atom. The number of benzene rings is 2. The maximum absolute atomic E-state index is 11.5. The van der Waals surface area contributed by atoms with Crippen LogP contribution in [0.5, 0.6) is 5.75 Å². The number of fused-ring (bicyclic) bond motifs is 3. The Hall–Kier alpha value is -3.75. The molecule has 8 heteroatoms. The number of pyridine rings is 2. The lowest BCUT2D eigenvalue weighted by Crippen LogP contribution is -2.21. The molecule has 0 aliphatic carbocycles. The first kappa shape index (κ1) is 21.1. The van der Waals surface area contributed by atoms with Crippen molar-refractivity contribution in [3.63, 3.8) is 0 Å². The van der Waals surface area contributed by atoms with Crippen molar-refractivity contribution in [3.8, 4) is 28.1 Å². The SMILES string of the molecule is COc1ccc2[nH]c3cnc(-c4cccnc4)cc3c2c1-c1cccc(CNS(C)(=O)=O)c1. The first-order valence-electron chi connectivity index (χ1n) is 10.4. The molecule has 0 fully saturated rings. The van der Waals surface area contributed by atoms with Gasteiger partial charge in [-0.3, -0.25) is 9.97 Å². The number of sulfonamides is 1. The standard InChI is InChI=1S/C25H22N4O3S/c1-32-23-9-8-20-25(24(23)17-6-3-5-16(11-17)13-28-33(2,30)31)19-12-21(27-15-22(19)29-20)18-7-4-10-26-14-18/h3-12,14-15,28-29H,13H2,1-2H3. The highest BCUT2D eigenvalue weighted by atomic mass is 32.2. The molecular formula is C25H22N4O3S. The molecule has 0 aliphatic rings. The number of hydrogen-bond acceptors (Lipinski definition) is 5. The molecule has 5 aromatic rings. The van der Waals surface area contributed by atoms with Crippen LogP contribution in [-0.2, 0) is 16.6 Å². The Kier molecular flexibility index (Phi) is 5.32. The van der Waals surface area contributed by atoms with Gasteiger partial charge in [0.15, 0.2) is 0 Å². The van der Waals surface area contributed by atoms with Crippen LogP contribution in [0, 0.1) is 0 Å². The molecule has 33 heavy (non-hydrogen) atoms. The Balaban J connectivity index is 1.72. The van der Waals surface area contributed by atoms with Gasteiger partial charge in [-0.15, -0.1) is 0 Å². The molecule has 0 saturated heterocycles. The number of rotatable bonds is 6. The first-order valence-corrected chi connectivity index (χ1v) is 12.2. The summed E-state index contributed by atoms with van der Waals surface area (Å²) in [5.41, 5.74) is 6.38. The Morgan fingerprint density at radius 2 is 1.85 bits per heavy atom. The molecular weight excluding hydrogens is 436 g/mol. The van der Waals surface area contributed by atoms with Gasteiger partial charge >= 0.3 is 0 Å². The van der Waals surface area contributed by atoms with Gasteiger partial charge < -0.3 is 9.72 Å². The molecule has 2 aromatic carbocycles. The molecule has 0 amide bonds. The van der Waals surface area contributed by atoms with Crippen molar-refractivity contribution >= 4 is 31.8 Å². The quantitative estimate of drug-likeness (QED) is 0.390. The van der Waals surface area contributed by atoms with E-state index in [0.717, 1.165) is 61.8 Å². The summed E-state index contributed by atoms with van der Waals surface area (Å²) < 4.78 is 31.4. The lowest BCUT2D eigenvalue weighted by molar-refractivity contribution is 0.417. The number of hydrogen-bond donors (Lipinski definition) is 2. The zero-order valence-electron chi connectivity index (χ0n) is 18.2. The largest absolute Gasteiger partial charge is 0.496 e. The van der Waals surface area contributed by atoms with Crippen LogP contribution in [0.4, 0.5) is 0 Å². The van der Waals surface area contributed by atoms with E-state index in [9.17, 15) is 8.42 Å². The molecule has 3 aromatic heterocycles. The van der Waals surface area contributed by atoms with Gasteiger partial charge in [0.25, 0.3) is 0 Å². The van der Waals surface area contributed by atoms with E-state index in [0.29, 0.717) is 0 Å². The van der Waals surface area contributed by atoms with Crippen LogP contribution in [0.15, 0.2) is 73.2 Å². The van der Waals surface area contributed by atoms with E-state index in [1.807, 2.05) is 54.7 Å². The third-order valence-electron chi connectivity index (χ3n) is 5.54. The third-order valence-corrected chi connectivity index (χ3v) is 6.21. The van der Waals surface area contributed by atoms with Crippen LogP contribution < -0.4 is 9.46 Å². The second-order valence-corrected chi connectivity index (χ2v) is 9.67. The number of methoxy groups -OCH3 is 1. The Labute approximate surface area is 191 Å². The summed E-state index contributed by atoms with van der Waals surface area (Å²) in [6.07, 6.45) is 6.52. The molecule has 0 bridgehead atoms. The molecule has 7 nitrogen and oxygen atoms in total. The number of aromatic nitrogens is 3. The summed E-state index contributed by atoms with van der Waals surface area (Å²) >= 11 is 0. The highest BCUT2D eigenvalue weighted by Gasteiger charge is 2.17. The average Bonchev–Trinajstić information content (AvgIpc) is 3.20. The zero-order chi connectivity index (χ0) is 23.0. The van der Waals surface area contributed by atoms with E-state index in [1.54, 1.807) is 19.5 Å². The fourth-order valence-electron chi connectivity index (χ4n) is 4.05. The second kappa shape index (κ2) is 8.31. The van der Waals surface area contributed by atoms with Crippen molar-refractivity contribution in [3.05, 3.63) is 78.8 Å². The van der Waals surface area contributed by atoms with Crippen LogP contribution in [0.2, 0.25) is 0 Å². The number of nitrogens with zero attached hydrogens (tertiary/aromatic N) is 2. The molecule has 2 N–H and O–H groups in total. The summed E-state index contributed by atoms with van der Waals surface area (Å²) in [6, 6.07) is 17.7. The Bertz CT molecular complexity index is 1580. The Morgan fingerprint density at radius 1 is 1.00 bits per heavy atom. The molecule has 3 heterocycles. The number of aromatic amines is 1. The summed E-state index contributed by atoms with van der Waals surface area (Å²) in [7, 11) is -1.64. The normalized spacial score (nSPS) is 11.8. The van der Waals surface area contributed by atoms with Gasteiger partial charge in [0, 0.05) is 46.4 Å². The van der Waals surface area contributed by atoms with Crippen molar-refractivity contribution in [2.24, 2.45) is 0 Å². The average molecular weight is 459 g/mol. The van der Waals surface area contributed by atoms with E-state index >= 15 is 0 Å². The van der Waals surface area contributed by atoms with Gasteiger partial charge in [-0.25, -0.2) is 13.1 Å². The highest BCUT2D eigenvalue weighted by molar-refractivity contribution is 7.88. The van der Waals surface area contributed by atoms with Crippen molar-refractivity contribution in [1.82, 2.24) is 19.7 Å². The van der Waals surface area contributed by atoms with Gasteiger partial charge in [0.2, 0.25) is 10.0 Å². The monoisotopic (exact) mass is 458 g/mol. The van der Waals surface area contributed by atoms with E-state index in [4.69, 9.17) is 4.74 Å². The number of ether oxygens (including phenoxy) is 1. The molecule has 0 atom stereocenters. The maximum Gasteiger partial charge on any atom is 0.209 e. The van der Waals surface area contributed by atoms with E-state index in [2.05, 4.69) is 25.7 Å². The van der Waals surface area contributed by atoms with Crippen LogP contribution in [0.25, 0.3) is 44.2 Å². The molecule has 0 aliphatic heterocycles. The second-order valence-electron chi connectivity index (χ2n) is 7.84. The van der Waals surface area contributed by atoms with Crippen LogP contribution in [0.3, 0.4) is 0 Å². The van der Waals surface area contributed by atoms with Crippen molar-refractivity contribution in [1.29, 1.82) is 0 Å². The van der Waals surface area contributed by atoms with E-state index < -0.39 is 10.0 Å². The summed E-state index contributed by atoms with van der Waals surface area (Å²) in [6.45, 7) is 0.216. The molecule has 5 rings (SSSR count). The fourth-order valence-corrected chi connectivity index (χ4v) is 4.48. The minimum atomic E-state index is -3.29. The van der Waals surface area contributed by atoms with Crippen molar-refractivity contribution in [2.75, 3.05) is 13.4 Å². The highest BCUT2D eigenvalue weighted by Crippen LogP contribution is 2.41. The number of H-pyrrole nitrogens is 1. The van der Waals surface area contributed by atoms with Crippen LogP contribution in [-0.4, -0.2) is 36.7 Å². The lowest BCUT2D eigenvalue weighted by Gasteiger charge is -2.12. The van der Waals surface area contributed by atoms with Gasteiger partial charge in [-0.1, -0.05) is 18.2 Å². The minimum absolute atomic E-state index is 0.216. The number of nitrogens with one attached hydrogen (secondary N) is 2. The third kappa shape index (κ3) is 4.18. The zero-order valence-corrected chi connectivity index (χ0v) is 19.0. The molecule has 166 valence electrons. The van der Waals surface area contributed by atoms with E-state index in [1.165, 1.54) is 0 Å². The van der Waals surface area contributed by atoms with Crippen molar-refractivity contribution in [2.45, 2.75) is 6.54 Å². The van der Waals surface area contributed by atoms with Gasteiger partial charge in [0.05, 0.1) is 30.8 Å². The van der Waals surface area contributed by atoms with E-state index in [-0.39, 0.29) is 6.54 Å². The summed E-state index contributed by atoms with van der Waals surface area (Å²) in [4.78, 5) is 12.3. The van der Waals surface area contributed by atoms with Gasteiger partial charge in [-0.2, -0.15) is 0 Å². The van der Waals surface area contributed by atoms with Gasteiger partial charge in [-0.05, 0) is 47.5 Å². The molecule has 0 saturated carbocycles. The minimum Gasteiger partial charge on any atom is -0.496 e. The lowest BCUT2D eigenvalue weighted by atomic mass is 9.96. The van der Waals surface area contributed by atoms with Crippen LogP contribution in [0.1, 0.15) is 5.56 Å². The summed E-state index contributed by atoms with van der Waals surface area (Å²) in [5, 5.41) is 2.04. The molecule has 0 unspecified atom stereocenters. The predicted molar refractivity (Wildman–Crippen MR) is 131 cm³/mol. The first-order chi connectivity index (χ1) is 15.9.